The third-order valence-corrected chi connectivity index (χ3v) is 5.32. The van der Waals surface area contributed by atoms with Crippen molar-refractivity contribution < 1.29 is 17.9 Å². The largest absolute Gasteiger partial charge is 0.495 e. The van der Waals surface area contributed by atoms with Gasteiger partial charge in [0.15, 0.2) is 0 Å². The number of ether oxygens (including phenoxy) is 1. The molecular weight excluding hydrogens is 384 g/mol. The summed E-state index contributed by atoms with van der Waals surface area (Å²) in [7, 11) is -2.12. The maximum absolute atomic E-state index is 12.1. The van der Waals surface area contributed by atoms with Crippen molar-refractivity contribution in [3.8, 4) is 5.75 Å². The van der Waals surface area contributed by atoms with Crippen molar-refractivity contribution in [3.63, 3.8) is 0 Å². The molecule has 6 nitrogen and oxygen atoms in total. The summed E-state index contributed by atoms with van der Waals surface area (Å²) in [5, 5.41) is 5.47. The summed E-state index contributed by atoms with van der Waals surface area (Å²) >= 11 is 9.34. The first-order chi connectivity index (χ1) is 9.71. The van der Waals surface area contributed by atoms with Gasteiger partial charge in [0.25, 0.3) is 0 Å². The Hall–Kier alpha value is -0.830. The van der Waals surface area contributed by atoms with Crippen molar-refractivity contribution in [1.29, 1.82) is 0 Å². The maximum Gasteiger partial charge on any atom is 0.227 e. The zero-order chi connectivity index (χ0) is 15.8. The average Bonchev–Trinajstić information content (AvgIpc) is 2.70. The Kier molecular flexibility index (Phi) is 4.82. The second-order valence-corrected chi connectivity index (χ2v) is 7.76. The minimum Gasteiger partial charge on any atom is -0.495 e. The predicted octanol–water partition coefficient (Wildman–Crippen LogP) is 1.75. The summed E-state index contributed by atoms with van der Waals surface area (Å²) in [6.45, 7) is 0.267. The lowest BCUT2D eigenvalue weighted by Crippen LogP contribution is -2.27. The summed E-state index contributed by atoms with van der Waals surface area (Å²) in [5.41, 5.74) is 0.521. The lowest BCUT2D eigenvalue weighted by Gasteiger charge is -2.20. The molecular formula is C12H14BrClN2O4S. The summed E-state index contributed by atoms with van der Waals surface area (Å²) in [5.74, 6) is -0.252. The molecule has 1 aliphatic heterocycles. The molecule has 1 aromatic rings. The van der Waals surface area contributed by atoms with E-state index in [1.807, 2.05) is 0 Å². The third-order valence-electron chi connectivity index (χ3n) is 3.19. The summed E-state index contributed by atoms with van der Waals surface area (Å²) in [6.07, 6.45) is 0.132. The highest BCUT2D eigenvalue weighted by atomic mass is 79.9. The molecule has 2 rings (SSSR count). The van der Waals surface area contributed by atoms with E-state index in [0.29, 0.717) is 20.9 Å². The topological polar surface area (TPSA) is 89.7 Å². The molecule has 0 saturated carbocycles. The minimum atomic E-state index is -3.61. The Balaban J connectivity index is 2.31. The van der Waals surface area contributed by atoms with E-state index in [0.717, 1.165) is 0 Å². The Morgan fingerprint density at radius 1 is 1.52 bits per heavy atom. The molecule has 116 valence electrons. The van der Waals surface area contributed by atoms with E-state index >= 15 is 0 Å². The van der Waals surface area contributed by atoms with Crippen LogP contribution in [0.2, 0.25) is 5.02 Å². The number of anilines is 1. The van der Waals surface area contributed by atoms with Crippen LogP contribution in [0, 0.1) is 5.92 Å². The Bertz CT molecular complexity index is 680. The molecule has 1 amide bonds. The number of hydrogen-bond acceptors (Lipinski definition) is 4. The molecule has 21 heavy (non-hydrogen) atoms. The standard InChI is InChI=1S/C12H14BrClN2O4S/c1-20-11-3-8(13)9(14)4-10(11)16-5-7(2-12(16)17)6-21(15,18)19/h3-4,7H,2,5-6H2,1H3,(H2,15,18,19). The summed E-state index contributed by atoms with van der Waals surface area (Å²) < 4.78 is 28.2. The van der Waals surface area contributed by atoms with Crippen LogP contribution in [-0.4, -0.2) is 33.7 Å². The van der Waals surface area contributed by atoms with Crippen molar-refractivity contribution >= 4 is 49.1 Å². The molecule has 0 aromatic heterocycles. The molecule has 0 aliphatic carbocycles. The predicted molar refractivity (Wildman–Crippen MR) is 84.1 cm³/mol. The van der Waals surface area contributed by atoms with Crippen LogP contribution in [0.25, 0.3) is 0 Å². The molecule has 1 heterocycles. The number of carbonyl (C=O) groups excluding carboxylic acids is 1. The number of halogens is 2. The van der Waals surface area contributed by atoms with E-state index in [2.05, 4.69) is 15.9 Å². The number of primary sulfonamides is 1. The van der Waals surface area contributed by atoms with Gasteiger partial charge in [-0.2, -0.15) is 0 Å². The van der Waals surface area contributed by atoms with Crippen molar-refractivity contribution in [1.82, 2.24) is 0 Å². The van der Waals surface area contributed by atoms with Gasteiger partial charge in [-0.1, -0.05) is 11.6 Å². The molecule has 1 fully saturated rings. The van der Waals surface area contributed by atoms with E-state index in [1.54, 1.807) is 12.1 Å². The number of methoxy groups -OCH3 is 1. The van der Waals surface area contributed by atoms with Gasteiger partial charge < -0.3 is 9.64 Å². The third kappa shape index (κ3) is 3.88. The lowest BCUT2D eigenvalue weighted by atomic mass is 10.1. The van der Waals surface area contributed by atoms with Crippen LogP contribution in [0.15, 0.2) is 16.6 Å². The molecule has 1 atom stereocenters. The van der Waals surface area contributed by atoms with E-state index < -0.39 is 10.0 Å². The molecule has 1 aromatic carbocycles. The van der Waals surface area contributed by atoms with Crippen LogP contribution in [0.4, 0.5) is 5.69 Å². The molecule has 0 bridgehead atoms. The van der Waals surface area contributed by atoms with Crippen LogP contribution >= 0.6 is 27.5 Å². The SMILES string of the molecule is COc1cc(Br)c(Cl)cc1N1CC(CS(N)(=O)=O)CC1=O. The van der Waals surface area contributed by atoms with Gasteiger partial charge in [0.05, 0.1) is 23.6 Å². The van der Waals surface area contributed by atoms with Gasteiger partial charge in [-0.05, 0) is 28.1 Å². The van der Waals surface area contributed by atoms with E-state index in [9.17, 15) is 13.2 Å². The minimum absolute atomic E-state index is 0.132. The highest BCUT2D eigenvalue weighted by Crippen LogP contribution is 2.39. The van der Waals surface area contributed by atoms with Crippen LogP contribution < -0.4 is 14.8 Å². The van der Waals surface area contributed by atoms with Gasteiger partial charge >= 0.3 is 0 Å². The smallest absolute Gasteiger partial charge is 0.227 e. The fourth-order valence-corrected chi connectivity index (χ4v) is 3.71. The first-order valence-corrected chi connectivity index (χ1v) is 8.93. The van der Waals surface area contributed by atoms with Gasteiger partial charge in [0.2, 0.25) is 15.9 Å². The fraction of sp³-hybridized carbons (Fsp3) is 0.417. The Labute approximate surface area is 136 Å². The van der Waals surface area contributed by atoms with Crippen molar-refractivity contribution in [2.75, 3.05) is 24.3 Å². The number of amides is 1. The summed E-state index contributed by atoms with van der Waals surface area (Å²) in [6, 6.07) is 3.28. The molecule has 1 aliphatic rings. The van der Waals surface area contributed by atoms with Gasteiger partial charge in [-0.3, -0.25) is 4.79 Å². The number of sulfonamides is 1. The van der Waals surface area contributed by atoms with E-state index in [1.165, 1.54) is 12.0 Å². The van der Waals surface area contributed by atoms with Crippen LogP contribution in [-0.2, 0) is 14.8 Å². The molecule has 1 saturated heterocycles. The first-order valence-electron chi connectivity index (χ1n) is 6.05. The Morgan fingerprint density at radius 2 is 2.19 bits per heavy atom. The molecule has 1 unspecified atom stereocenters. The molecule has 0 radical (unpaired) electrons. The first kappa shape index (κ1) is 16.5. The quantitative estimate of drug-likeness (QED) is 0.838. The summed E-state index contributed by atoms with van der Waals surface area (Å²) in [4.78, 5) is 13.6. The lowest BCUT2D eigenvalue weighted by molar-refractivity contribution is -0.117. The number of nitrogens with two attached hydrogens (primary N) is 1. The molecule has 0 spiro atoms. The van der Waals surface area contributed by atoms with Gasteiger partial charge in [-0.15, -0.1) is 0 Å². The van der Waals surface area contributed by atoms with Crippen LogP contribution in [0.1, 0.15) is 6.42 Å². The van der Waals surface area contributed by atoms with Crippen LogP contribution in [0.5, 0.6) is 5.75 Å². The fourth-order valence-electron chi connectivity index (χ4n) is 2.35. The zero-order valence-electron chi connectivity index (χ0n) is 11.2. The van der Waals surface area contributed by atoms with E-state index in [4.69, 9.17) is 21.5 Å². The number of nitrogens with zero attached hydrogens (tertiary/aromatic N) is 1. The van der Waals surface area contributed by atoms with Crippen LogP contribution in [0.3, 0.4) is 0 Å². The van der Waals surface area contributed by atoms with Crippen molar-refractivity contribution in [3.05, 3.63) is 21.6 Å². The number of hydrogen-bond donors (Lipinski definition) is 1. The van der Waals surface area contributed by atoms with Gasteiger partial charge in [-0.25, -0.2) is 13.6 Å². The highest BCUT2D eigenvalue weighted by molar-refractivity contribution is 9.10. The average molecular weight is 398 g/mol. The van der Waals surface area contributed by atoms with Crippen molar-refractivity contribution in [2.45, 2.75) is 6.42 Å². The number of carbonyl (C=O) groups is 1. The van der Waals surface area contributed by atoms with E-state index in [-0.39, 0.29) is 30.5 Å². The highest BCUT2D eigenvalue weighted by Gasteiger charge is 2.34. The maximum atomic E-state index is 12.1. The van der Waals surface area contributed by atoms with Gasteiger partial charge in [0, 0.05) is 23.4 Å². The second kappa shape index (κ2) is 6.12. The Morgan fingerprint density at radius 3 is 2.76 bits per heavy atom. The molecule has 2 N–H and O–H groups in total. The number of rotatable bonds is 4. The second-order valence-electron chi connectivity index (χ2n) is 4.84. The molecule has 9 heteroatoms. The monoisotopic (exact) mass is 396 g/mol. The van der Waals surface area contributed by atoms with Crippen molar-refractivity contribution in [2.24, 2.45) is 11.1 Å². The zero-order valence-corrected chi connectivity index (χ0v) is 14.3. The van der Waals surface area contributed by atoms with Gasteiger partial charge in [0.1, 0.15) is 5.75 Å². The normalized spacial score (nSPS) is 19.1. The number of benzene rings is 1.